The van der Waals surface area contributed by atoms with Gasteiger partial charge in [-0.15, -0.1) is 0 Å². The highest BCUT2D eigenvalue weighted by atomic mass is 16.5. The van der Waals surface area contributed by atoms with Crippen LogP contribution < -0.4 is 0 Å². The number of Topliss-reactive ketones (excluding diaryl/α,β-unsaturated/α-hetero) is 1. The third kappa shape index (κ3) is 6.15. The summed E-state index contributed by atoms with van der Waals surface area (Å²) in [4.78, 5) is 40.2. The van der Waals surface area contributed by atoms with Crippen LogP contribution in [0.1, 0.15) is 48.4 Å². The van der Waals surface area contributed by atoms with Crippen LogP contribution in [-0.4, -0.2) is 28.4 Å². The standard InChI is InChI=1S/C31H32O6/c1-3-21-14-16-24(17-15-21)26-27(29(33)36-19-22-10-6-4-7-11-22)25(32)18-31(2,35)28(26)30(34)37-20-23-12-8-5-9-13-23/h4-17,26-28,35H,3,18-20H2,1-2H3/t26-,27-,28+,31-/m1/s1. The van der Waals surface area contributed by atoms with Crippen LogP contribution >= 0.6 is 0 Å². The van der Waals surface area contributed by atoms with Crippen LogP contribution in [0.15, 0.2) is 84.9 Å². The second kappa shape index (κ2) is 11.5. The highest BCUT2D eigenvalue weighted by molar-refractivity contribution is 6.02. The monoisotopic (exact) mass is 500 g/mol. The lowest BCUT2D eigenvalue weighted by atomic mass is 9.61. The normalized spacial score (nSPS) is 23.3. The van der Waals surface area contributed by atoms with Crippen molar-refractivity contribution in [1.82, 2.24) is 0 Å². The predicted octanol–water partition coefficient (Wildman–Crippen LogP) is 4.78. The minimum atomic E-state index is -1.70. The van der Waals surface area contributed by atoms with E-state index in [0.29, 0.717) is 5.56 Å². The maximum absolute atomic E-state index is 13.5. The Morgan fingerprint density at radius 3 is 1.84 bits per heavy atom. The molecule has 0 spiro atoms. The van der Waals surface area contributed by atoms with Crippen LogP contribution in [0.5, 0.6) is 0 Å². The molecule has 0 bridgehead atoms. The van der Waals surface area contributed by atoms with Gasteiger partial charge in [-0.2, -0.15) is 0 Å². The first-order valence-corrected chi connectivity index (χ1v) is 12.5. The van der Waals surface area contributed by atoms with Gasteiger partial charge in [-0.1, -0.05) is 91.9 Å². The average Bonchev–Trinajstić information content (AvgIpc) is 2.90. The lowest BCUT2D eigenvalue weighted by Gasteiger charge is -2.43. The maximum Gasteiger partial charge on any atom is 0.317 e. The second-order valence-corrected chi connectivity index (χ2v) is 9.76. The number of benzene rings is 3. The van der Waals surface area contributed by atoms with E-state index in [0.717, 1.165) is 23.1 Å². The molecule has 1 aliphatic rings. The second-order valence-electron chi connectivity index (χ2n) is 9.76. The Morgan fingerprint density at radius 1 is 0.811 bits per heavy atom. The van der Waals surface area contributed by atoms with Crippen molar-refractivity contribution in [1.29, 1.82) is 0 Å². The fourth-order valence-electron chi connectivity index (χ4n) is 5.03. The van der Waals surface area contributed by atoms with Crippen molar-refractivity contribution in [2.45, 2.75) is 51.4 Å². The number of ether oxygens (including phenoxy) is 2. The van der Waals surface area contributed by atoms with Gasteiger partial charge in [0, 0.05) is 12.3 Å². The van der Waals surface area contributed by atoms with Crippen LogP contribution in [0.3, 0.4) is 0 Å². The lowest BCUT2D eigenvalue weighted by Crippen LogP contribution is -2.55. The van der Waals surface area contributed by atoms with Crippen molar-refractivity contribution in [2.24, 2.45) is 11.8 Å². The first-order valence-electron chi connectivity index (χ1n) is 12.5. The van der Waals surface area contributed by atoms with Crippen LogP contribution in [0.2, 0.25) is 0 Å². The van der Waals surface area contributed by atoms with Crippen LogP contribution in [0, 0.1) is 11.8 Å². The van der Waals surface area contributed by atoms with Gasteiger partial charge in [0.05, 0.1) is 11.5 Å². The van der Waals surface area contributed by atoms with E-state index in [1.807, 2.05) is 91.9 Å². The molecular formula is C31H32O6. The van der Waals surface area contributed by atoms with Gasteiger partial charge in [-0.25, -0.2) is 0 Å². The van der Waals surface area contributed by atoms with E-state index in [1.54, 1.807) is 0 Å². The number of aryl methyl sites for hydroxylation is 1. The van der Waals surface area contributed by atoms with E-state index in [1.165, 1.54) is 6.92 Å². The summed E-state index contributed by atoms with van der Waals surface area (Å²) in [6.07, 6.45) is 0.458. The summed E-state index contributed by atoms with van der Waals surface area (Å²) in [6.45, 7) is 3.50. The molecule has 3 aromatic carbocycles. The molecule has 0 aliphatic heterocycles. The topological polar surface area (TPSA) is 89.9 Å². The molecule has 0 amide bonds. The average molecular weight is 501 g/mol. The molecule has 192 valence electrons. The zero-order valence-electron chi connectivity index (χ0n) is 21.1. The molecule has 6 heteroatoms. The fraction of sp³-hybridized carbons (Fsp3) is 0.323. The Labute approximate surface area is 217 Å². The molecule has 1 N–H and O–H groups in total. The summed E-state index contributed by atoms with van der Waals surface area (Å²) in [5, 5.41) is 11.3. The number of hydrogen-bond acceptors (Lipinski definition) is 6. The van der Waals surface area contributed by atoms with E-state index < -0.39 is 41.1 Å². The minimum absolute atomic E-state index is 0.00442. The third-order valence-electron chi connectivity index (χ3n) is 7.00. The van der Waals surface area contributed by atoms with E-state index in [2.05, 4.69) is 0 Å². The highest BCUT2D eigenvalue weighted by Gasteiger charge is 2.57. The molecule has 3 aromatic rings. The molecule has 37 heavy (non-hydrogen) atoms. The van der Waals surface area contributed by atoms with E-state index in [-0.39, 0.29) is 19.6 Å². The van der Waals surface area contributed by atoms with Crippen LogP contribution in [-0.2, 0) is 43.5 Å². The van der Waals surface area contributed by atoms with Gasteiger partial charge in [0.1, 0.15) is 19.1 Å². The molecular weight excluding hydrogens is 468 g/mol. The number of carbonyl (C=O) groups excluding carboxylic acids is 3. The van der Waals surface area contributed by atoms with E-state index >= 15 is 0 Å². The van der Waals surface area contributed by atoms with E-state index in [9.17, 15) is 19.5 Å². The molecule has 0 aromatic heterocycles. The SMILES string of the molecule is CCc1ccc([C@@H]2[C@H](C(=O)OCc3ccccc3)C(=O)C[C@@](C)(O)[C@@H]2C(=O)OCc2ccccc2)cc1. The summed E-state index contributed by atoms with van der Waals surface area (Å²) in [6, 6.07) is 25.8. The van der Waals surface area contributed by atoms with Crippen molar-refractivity contribution in [3.05, 3.63) is 107 Å². The van der Waals surface area contributed by atoms with Crippen molar-refractivity contribution < 1.29 is 29.0 Å². The lowest BCUT2D eigenvalue weighted by molar-refractivity contribution is -0.174. The summed E-state index contributed by atoms with van der Waals surface area (Å²) in [7, 11) is 0. The van der Waals surface area contributed by atoms with Gasteiger partial charge in [-0.3, -0.25) is 14.4 Å². The predicted molar refractivity (Wildman–Crippen MR) is 138 cm³/mol. The summed E-state index contributed by atoms with van der Waals surface area (Å²) < 4.78 is 11.2. The molecule has 1 saturated carbocycles. The Morgan fingerprint density at radius 2 is 1.32 bits per heavy atom. The molecule has 4 rings (SSSR count). The van der Waals surface area contributed by atoms with Gasteiger partial charge in [0.15, 0.2) is 5.78 Å². The Balaban J connectivity index is 1.67. The molecule has 0 radical (unpaired) electrons. The van der Waals surface area contributed by atoms with Crippen molar-refractivity contribution in [2.75, 3.05) is 0 Å². The molecule has 1 aliphatic carbocycles. The summed E-state index contributed by atoms with van der Waals surface area (Å²) >= 11 is 0. The first-order chi connectivity index (χ1) is 17.8. The van der Waals surface area contributed by atoms with Gasteiger partial charge in [-0.05, 0) is 35.6 Å². The Kier molecular flexibility index (Phi) is 8.19. The third-order valence-corrected chi connectivity index (χ3v) is 7.00. The number of esters is 2. The smallest absolute Gasteiger partial charge is 0.317 e. The van der Waals surface area contributed by atoms with Crippen molar-refractivity contribution in [3.8, 4) is 0 Å². The molecule has 0 unspecified atom stereocenters. The van der Waals surface area contributed by atoms with E-state index in [4.69, 9.17) is 9.47 Å². The molecule has 6 nitrogen and oxygen atoms in total. The van der Waals surface area contributed by atoms with Gasteiger partial charge >= 0.3 is 11.9 Å². The first kappa shape index (κ1) is 26.3. The number of carbonyl (C=O) groups is 3. The maximum atomic E-state index is 13.5. The molecule has 1 fully saturated rings. The van der Waals surface area contributed by atoms with Crippen LogP contribution in [0.25, 0.3) is 0 Å². The zero-order chi connectivity index (χ0) is 26.4. The quantitative estimate of drug-likeness (QED) is 0.354. The van der Waals surface area contributed by atoms with Crippen molar-refractivity contribution in [3.63, 3.8) is 0 Å². The van der Waals surface area contributed by atoms with Gasteiger partial charge < -0.3 is 14.6 Å². The highest BCUT2D eigenvalue weighted by Crippen LogP contribution is 2.47. The summed E-state index contributed by atoms with van der Waals surface area (Å²) in [5.74, 6) is -5.16. The number of ketones is 1. The molecule has 0 heterocycles. The number of aliphatic hydroxyl groups is 1. The fourth-order valence-corrected chi connectivity index (χ4v) is 5.03. The minimum Gasteiger partial charge on any atom is -0.461 e. The Hall–Kier alpha value is -3.77. The molecule has 4 atom stereocenters. The zero-order valence-corrected chi connectivity index (χ0v) is 21.1. The molecule has 0 saturated heterocycles. The van der Waals surface area contributed by atoms with Crippen LogP contribution in [0.4, 0.5) is 0 Å². The van der Waals surface area contributed by atoms with Gasteiger partial charge in [0.2, 0.25) is 0 Å². The largest absolute Gasteiger partial charge is 0.461 e. The van der Waals surface area contributed by atoms with Gasteiger partial charge in [0.25, 0.3) is 0 Å². The van der Waals surface area contributed by atoms with Crippen molar-refractivity contribution >= 4 is 17.7 Å². The number of hydrogen-bond donors (Lipinski definition) is 1. The summed E-state index contributed by atoms with van der Waals surface area (Å²) in [5.41, 5.74) is 1.56. The Bertz CT molecular complexity index is 1220. The number of rotatable bonds is 8.